The van der Waals surface area contributed by atoms with Crippen LogP contribution in [-0.4, -0.2) is 21.2 Å². The molecule has 0 atom stereocenters. The number of benzene rings is 2. The number of hydrogen-bond donors (Lipinski definition) is 1. The average Bonchev–Trinajstić information content (AvgIpc) is 3.08. The summed E-state index contributed by atoms with van der Waals surface area (Å²) in [6.45, 7) is 3.55. The first-order valence-electron chi connectivity index (χ1n) is 9.28. The van der Waals surface area contributed by atoms with E-state index < -0.39 is 11.8 Å². The first-order valence-corrected chi connectivity index (χ1v) is 9.66. The molecule has 0 spiro atoms. The summed E-state index contributed by atoms with van der Waals surface area (Å²) >= 11 is 6.23. The Balaban J connectivity index is 1.75. The normalized spacial score (nSPS) is 14.1. The highest BCUT2D eigenvalue weighted by Crippen LogP contribution is 2.32. The van der Waals surface area contributed by atoms with Gasteiger partial charge in [0, 0.05) is 7.05 Å². The Hall–Kier alpha value is -3.58. The second-order valence-corrected chi connectivity index (χ2v) is 7.36. The Morgan fingerprint density at radius 1 is 0.867 bits per heavy atom. The van der Waals surface area contributed by atoms with Crippen molar-refractivity contribution in [3.8, 4) is 5.69 Å². The molecule has 1 aliphatic rings. The Morgan fingerprint density at radius 3 is 2.17 bits per heavy atom. The molecule has 0 radical (unpaired) electrons. The molecular formula is C22H19ClN4O3. The van der Waals surface area contributed by atoms with Crippen LogP contribution in [0.1, 0.15) is 11.3 Å². The number of carbonyl (C=O) groups is 2. The van der Waals surface area contributed by atoms with Crippen LogP contribution in [-0.2, 0) is 16.6 Å². The molecule has 1 aromatic heterocycles. The van der Waals surface area contributed by atoms with Gasteiger partial charge in [-0.25, -0.2) is 9.58 Å². The van der Waals surface area contributed by atoms with Crippen LogP contribution in [0.15, 0.2) is 70.1 Å². The van der Waals surface area contributed by atoms with Crippen molar-refractivity contribution in [2.45, 2.75) is 13.8 Å². The molecule has 2 amide bonds. The summed E-state index contributed by atoms with van der Waals surface area (Å²) in [6, 6.07) is 16.2. The summed E-state index contributed by atoms with van der Waals surface area (Å²) in [5.41, 5.74) is 2.19. The van der Waals surface area contributed by atoms with E-state index in [2.05, 4.69) is 5.32 Å². The third-order valence-corrected chi connectivity index (χ3v) is 5.54. The summed E-state index contributed by atoms with van der Waals surface area (Å²) in [6.07, 6.45) is 0. The van der Waals surface area contributed by atoms with Crippen molar-refractivity contribution in [2.24, 2.45) is 7.05 Å². The van der Waals surface area contributed by atoms with Crippen LogP contribution in [0.5, 0.6) is 0 Å². The first kappa shape index (κ1) is 19.7. The van der Waals surface area contributed by atoms with Crippen molar-refractivity contribution in [1.29, 1.82) is 0 Å². The second-order valence-electron chi connectivity index (χ2n) is 6.98. The van der Waals surface area contributed by atoms with Gasteiger partial charge in [0.1, 0.15) is 16.4 Å². The predicted octanol–water partition coefficient (Wildman–Crippen LogP) is 3.23. The van der Waals surface area contributed by atoms with Gasteiger partial charge in [0.05, 0.1) is 17.1 Å². The number of hydrogen-bond acceptors (Lipinski definition) is 4. The van der Waals surface area contributed by atoms with Crippen molar-refractivity contribution in [1.82, 2.24) is 9.36 Å². The van der Waals surface area contributed by atoms with E-state index in [-0.39, 0.29) is 22.0 Å². The van der Waals surface area contributed by atoms with E-state index in [9.17, 15) is 14.4 Å². The Morgan fingerprint density at radius 2 is 1.50 bits per heavy atom. The van der Waals surface area contributed by atoms with Gasteiger partial charge in [-0.3, -0.25) is 19.1 Å². The van der Waals surface area contributed by atoms with Gasteiger partial charge in [0.25, 0.3) is 17.4 Å². The molecule has 0 saturated heterocycles. The molecule has 0 saturated carbocycles. The third kappa shape index (κ3) is 2.95. The summed E-state index contributed by atoms with van der Waals surface area (Å²) in [5.74, 6) is -1.23. The van der Waals surface area contributed by atoms with E-state index in [0.29, 0.717) is 17.1 Å². The molecule has 8 heteroatoms. The van der Waals surface area contributed by atoms with Crippen LogP contribution >= 0.6 is 11.6 Å². The minimum atomic E-state index is -0.629. The number of amides is 2. The molecule has 1 aliphatic heterocycles. The SMILES string of the molecule is Cc1ccccc1N1C(=O)C(Cl)=C(Nc2c(C)n(C)n(-c3ccccc3)c2=O)C1=O. The van der Waals surface area contributed by atoms with Crippen LogP contribution < -0.4 is 15.8 Å². The van der Waals surface area contributed by atoms with Crippen LogP contribution in [0, 0.1) is 13.8 Å². The fourth-order valence-electron chi connectivity index (χ4n) is 3.48. The van der Waals surface area contributed by atoms with E-state index in [1.807, 2.05) is 24.3 Å². The summed E-state index contributed by atoms with van der Waals surface area (Å²) in [7, 11) is 1.74. The molecule has 0 bridgehead atoms. The van der Waals surface area contributed by atoms with Crippen molar-refractivity contribution < 1.29 is 9.59 Å². The highest BCUT2D eigenvalue weighted by atomic mass is 35.5. The smallest absolute Gasteiger partial charge is 0.295 e. The molecule has 2 heterocycles. The number of nitrogens with zero attached hydrogens (tertiary/aromatic N) is 3. The number of carbonyl (C=O) groups excluding carboxylic acids is 2. The van der Waals surface area contributed by atoms with Crippen molar-refractivity contribution in [2.75, 3.05) is 10.2 Å². The van der Waals surface area contributed by atoms with E-state index >= 15 is 0 Å². The van der Waals surface area contributed by atoms with Crippen molar-refractivity contribution >= 4 is 34.8 Å². The molecule has 3 aromatic rings. The number of halogens is 1. The average molecular weight is 423 g/mol. The molecule has 1 N–H and O–H groups in total. The lowest BCUT2D eigenvalue weighted by atomic mass is 10.2. The number of imide groups is 1. The van der Waals surface area contributed by atoms with Gasteiger partial charge < -0.3 is 5.32 Å². The zero-order valence-electron chi connectivity index (χ0n) is 16.6. The van der Waals surface area contributed by atoms with Gasteiger partial charge in [0.2, 0.25) is 0 Å². The maximum Gasteiger partial charge on any atom is 0.295 e. The summed E-state index contributed by atoms with van der Waals surface area (Å²) in [4.78, 5) is 39.9. The minimum absolute atomic E-state index is 0.115. The molecule has 2 aromatic carbocycles. The van der Waals surface area contributed by atoms with E-state index in [1.54, 1.807) is 55.9 Å². The molecule has 152 valence electrons. The highest BCUT2D eigenvalue weighted by molar-refractivity contribution is 6.53. The van der Waals surface area contributed by atoms with Gasteiger partial charge in [-0.05, 0) is 37.6 Å². The zero-order chi connectivity index (χ0) is 21.6. The maximum atomic E-state index is 13.1. The number of nitrogens with one attached hydrogen (secondary N) is 1. The van der Waals surface area contributed by atoms with Crippen molar-refractivity contribution in [3.05, 3.63) is 86.9 Å². The van der Waals surface area contributed by atoms with Gasteiger partial charge >= 0.3 is 0 Å². The lowest BCUT2D eigenvalue weighted by Crippen LogP contribution is -2.33. The van der Waals surface area contributed by atoms with Gasteiger partial charge in [-0.15, -0.1) is 0 Å². The fourth-order valence-corrected chi connectivity index (χ4v) is 3.69. The fraction of sp³-hybridized carbons (Fsp3) is 0.136. The van der Waals surface area contributed by atoms with Gasteiger partial charge in [0.15, 0.2) is 0 Å². The molecular weight excluding hydrogens is 404 g/mol. The molecule has 4 rings (SSSR count). The molecule has 30 heavy (non-hydrogen) atoms. The standard InChI is InChI=1S/C22H19ClN4O3/c1-13-9-7-8-12-16(13)26-20(28)17(23)19(21(26)29)24-18-14(2)25(3)27(22(18)30)15-10-5-4-6-11-15/h4-12,24H,1-3H3. The Labute approximate surface area is 177 Å². The second kappa shape index (κ2) is 7.35. The lowest BCUT2D eigenvalue weighted by Gasteiger charge is -2.17. The quantitative estimate of drug-likeness (QED) is 0.655. The maximum absolute atomic E-state index is 13.1. The molecule has 0 unspecified atom stereocenters. The number of para-hydroxylation sites is 2. The predicted molar refractivity (Wildman–Crippen MR) is 116 cm³/mol. The van der Waals surface area contributed by atoms with Crippen molar-refractivity contribution in [3.63, 3.8) is 0 Å². The van der Waals surface area contributed by atoms with Crippen LogP contribution in [0.25, 0.3) is 5.69 Å². The third-order valence-electron chi connectivity index (χ3n) is 5.19. The Kier molecular flexibility index (Phi) is 4.83. The number of aryl methyl sites for hydroxylation is 1. The van der Waals surface area contributed by atoms with Crippen LogP contribution in [0.2, 0.25) is 0 Å². The van der Waals surface area contributed by atoms with Gasteiger partial charge in [-0.2, -0.15) is 0 Å². The monoisotopic (exact) mass is 422 g/mol. The zero-order valence-corrected chi connectivity index (χ0v) is 17.4. The van der Waals surface area contributed by atoms with Crippen LogP contribution in [0.4, 0.5) is 11.4 Å². The number of anilines is 2. The highest BCUT2D eigenvalue weighted by Gasteiger charge is 2.40. The minimum Gasteiger partial charge on any atom is -0.344 e. The van der Waals surface area contributed by atoms with E-state index in [1.165, 1.54) is 4.68 Å². The Bertz CT molecular complexity index is 1270. The summed E-state index contributed by atoms with van der Waals surface area (Å²) < 4.78 is 3.15. The lowest BCUT2D eigenvalue weighted by molar-refractivity contribution is -0.120. The summed E-state index contributed by atoms with van der Waals surface area (Å²) in [5, 5.41) is 2.59. The van der Waals surface area contributed by atoms with E-state index in [0.717, 1.165) is 10.5 Å². The van der Waals surface area contributed by atoms with Crippen LogP contribution in [0.3, 0.4) is 0 Å². The molecule has 0 fully saturated rings. The molecule has 0 aliphatic carbocycles. The largest absolute Gasteiger partial charge is 0.344 e. The number of rotatable bonds is 4. The topological polar surface area (TPSA) is 76.3 Å². The molecule has 7 nitrogen and oxygen atoms in total. The van der Waals surface area contributed by atoms with Gasteiger partial charge in [-0.1, -0.05) is 48.0 Å². The van der Waals surface area contributed by atoms with E-state index in [4.69, 9.17) is 11.6 Å². The first-order chi connectivity index (χ1) is 14.3. The number of aromatic nitrogens is 2.